The molecule has 0 aromatic heterocycles. The van der Waals surface area contributed by atoms with Crippen LogP contribution in [0.15, 0.2) is 12.7 Å². The lowest BCUT2D eigenvalue weighted by molar-refractivity contribution is -0.582. The fraction of sp³-hybridized carbons (Fsp3) is 0.700. The van der Waals surface area contributed by atoms with Gasteiger partial charge in [0.1, 0.15) is 0 Å². The van der Waals surface area contributed by atoms with Gasteiger partial charge in [0.05, 0.1) is 0 Å². The summed E-state index contributed by atoms with van der Waals surface area (Å²) in [5.41, 5.74) is 0.0576. The average molecular weight is 264 g/mol. The molecular weight excluding hydrogens is 246 g/mol. The number of hydrogen-bond acceptors (Lipinski definition) is 2. The Labute approximate surface area is 96.2 Å². The van der Waals surface area contributed by atoms with Crippen LogP contribution >= 0.6 is 0 Å². The minimum absolute atomic E-state index is 0. The summed E-state index contributed by atoms with van der Waals surface area (Å²) in [5, 5.41) is 0. The van der Waals surface area contributed by atoms with Crippen molar-refractivity contribution in [3.8, 4) is 0 Å². The van der Waals surface area contributed by atoms with E-state index in [-0.39, 0.29) is 22.5 Å². The van der Waals surface area contributed by atoms with Crippen molar-refractivity contribution in [1.29, 1.82) is 0 Å². The fourth-order valence-corrected chi connectivity index (χ4v) is 1.47. The van der Waals surface area contributed by atoms with E-state index in [2.05, 4.69) is 25.0 Å². The number of methoxy groups -OCH3 is 1. The molecule has 0 unspecified atom stereocenters. The van der Waals surface area contributed by atoms with E-state index in [4.69, 9.17) is 9.47 Å². The Balaban J connectivity index is 0.00000169. The molecule has 1 rings (SSSR count). The largest absolute Gasteiger partial charge is 1.00 e. The molecule has 1 aliphatic rings. The first-order chi connectivity index (χ1) is 6.11. The third kappa shape index (κ3) is 2.82. The summed E-state index contributed by atoms with van der Waals surface area (Å²) in [4.78, 5) is 0. The van der Waals surface area contributed by atoms with Gasteiger partial charge in [0.2, 0.25) is 0 Å². The highest BCUT2D eigenvalue weighted by molar-refractivity contribution is 5.73. The highest BCUT2D eigenvalue weighted by Crippen LogP contribution is 2.17. The maximum atomic E-state index is 5.54. The Morgan fingerprint density at radius 2 is 2.29 bits per heavy atom. The summed E-state index contributed by atoms with van der Waals surface area (Å²) in [6, 6.07) is 0. The molecule has 0 bridgehead atoms. The molecule has 0 aromatic carbocycles. The zero-order chi connectivity index (χ0) is 9.90. The van der Waals surface area contributed by atoms with Crippen LogP contribution in [-0.4, -0.2) is 42.9 Å². The fourth-order valence-electron chi connectivity index (χ4n) is 1.47. The molecule has 0 atom stereocenters. The van der Waals surface area contributed by atoms with Crippen molar-refractivity contribution in [3.05, 3.63) is 12.7 Å². The van der Waals surface area contributed by atoms with Gasteiger partial charge in [0.25, 0.3) is 0 Å². The lowest BCUT2D eigenvalue weighted by Crippen LogP contribution is -3.00. The summed E-state index contributed by atoms with van der Waals surface area (Å²) >= 11 is 0. The van der Waals surface area contributed by atoms with E-state index >= 15 is 0 Å². The molecule has 0 spiro atoms. The van der Waals surface area contributed by atoms with E-state index in [0.29, 0.717) is 6.61 Å². The second kappa shape index (κ2) is 5.51. The van der Waals surface area contributed by atoms with Crippen molar-refractivity contribution in [1.82, 2.24) is 0 Å². The van der Waals surface area contributed by atoms with E-state index < -0.39 is 0 Å². The van der Waals surface area contributed by atoms with Crippen LogP contribution in [0.3, 0.4) is 0 Å². The van der Waals surface area contributed by atoms with Crippen LogP contribution in [-0.2, 0) is 9.47 Å². The molecule has 1 aliphatic heterocycles. The number of hydrogen-bond donors (Lipinski definition) is 0. The van der Waals surface area contributed by atoms with Crippen molar-refractivity contribution in [2.24, 2.45) is 0 Å². The topological polar surface area (TPSA) is 21.5 Å². The molecule has 0 aromatic rings. The molecule has 0 fully saturated rings. The number of ether oxygens (including phenoxy) is 2. The molecule has 0 radical (unpaired) electrons. The summed E-state index contributed by atoms with van der Waals surface area (Å²) in [5.74, 6) is 0.910. The maximum Gasteiger partial charge on any atom is 0.364 e. The zero-order valence-electron chi connectivity index (χ0n) is 9.05. The van der Waals surface area contributed by atoms with Gasteiger partial charge in [-0.3, -0.25) is 0 Å². The van der Waals surface area contributed by atoms with Crippen molar-refractivity contribution in [2.45, 2.75) is 19.4 Å². The lowest BCUT2D eigenvalue weighted by atomic mass is 10.1. The SMILES string of the molecule is C=CC[N+]1=C(COC)OCC1(C)C.[Br-]. The summed E-state index contributed by atoms with van der Waals surface area (Å²) < 4.78 is 12.8. The van der Waals surface area contributed by atoms with Crippen LogP contribution in [0.25, 0.3) is 0 Å². The Morgan fingerprint density at radius 1 is 1.64 bits per heavy atom. The average Bonchev–Trinajstić information content (AvgIpc) is 2.33. The summed E-state index contributed by atoms with van der Waals surface area (Å²) in [6.07, 6.45) is 1.88. The van der Waals surface area contributed by atoms with Gasteiger partial charge in [-0.2, -0.15) is 4.58 Å². The van der Waals surface area contributed by atoms with Crippen LogP contribution < -0.4 is 17.0 Å². The Hall–Kier alpha value is -0.350. The minimum Gasteiger partial charge on any atom is -1.00 e. The van der Waals surface area contributed by atoms with Crippen molar-refractivity contribution >= 4 is 5.90 Å². The quantitative estimate of drug-likeness (QED) is 0.434. The van der Waals surface area contributed by atoms with Gasteiger partial charge in [0.15, 0.2) is 25.3 Å². The van der Waals surface area contributed by atoms with Crippen molar-refractivity contribution in [2.75, 3.05) is 26.9 Å². The molecule has 1 heterocycles. The van der Waals surface area contributed by atoms with Gasteiger partial charge in [0, 0.05) is 21.0 Å². The number of rotatable bonds is 4. The summed E-state index contributed by atoms with van der Waals surface area (Å²) in [6.45, 7) is 10.1. The number of halogens is 1. The van der Waals surface area contributed by atoms with Gasteiger partial charge < -0.3 is 26.5 Å². The van der Waals surface area contributed by atoms with Crippen LogP contribution in [0.1, 0.15) is 13.8 Å². The Morgan fingerprint density at radius 3 is 2.79 bits per heavy atom. The minimum atomic E-state index is 0. The third-order valence-electron chi connectivity index (χ3n) is 2.20. The van der Waals surface area contributed by atoms with Crippen molar-refractivity contribution < 1.29 is 31.0 Å². The number of nitrogens with zero attached hydrogens (tertiary/aromatic N) is 1. The second-order valence-corrected chi connectivity index (χ2v) is 3.83. The molecule has 3 nitrogen and oxygen atoms in total. The summed E-state index contributed by atoms with van der Waals surface area (Å²) in [7, 11) is 1.67. The molecule has 82 valence electrons. The predicted molar refractivity (Wildman–Crippen MR) is 52.2 cm³/mol. The first kappa shape index (κ1) is 13.7. The van der Waals surface area contributed by atoms with E-state index in [9.17, 15) is 0 Å². The predicted octanol–water partition coefficient (Wildman–Crippen LogP) is -1.96. The smallest absolute Gasteiger partial charge is 0.364 e. The highest BCUT2D eigenvalue weighted by Gasteiger charge is 2.41. The molecule has 0 aliphatic carbocycles. The monoisotopic (exact) mass is 263 g/mol. The molecule has 4 heteroatoms. The van der Waals surface area contributed by atoms with E-state index in [1.165, 1.54) is 0 Å². The molecule has 0 saturated heterocycles. The first-order valence-corrected chi connectivity index (χ1v) is 4.48. The molecule has 0 amide bonds. The highest BCUT2D eigenvalue weighted by atomic mass is 79.9. The van der Waals surface area contributed by atoms with Crippen LogP contribution in [0, 0.1) is 0 Å². The normalized spacial score (nSPS) is 18.8. The van der Waals surface area contributed by atoms with Crippen LogP contribution in [0.5, 0.6) is 0 Å². The van der Waals surface area contributed by atoms with Gasteiger partial charge >= 0.3 is 5.90 Å². The Kier molecular flexibility index (Phi) is 5.37. The second-order valence-electron chi connectivity index (χ2n) is 3.83. The van der Waals surface area contributed by atoms with Crippen molar-refractivity contribution in [3.63, 3.8) is 0 Å². The molecule has 14 heavy (non-hydrogen) atoms. The van der Waals surface area contributed by atoms with E-state index in [0.717, 1.165) is 19.0 Å². The van der Waals surface area contributed by atoms with Crippen LogP contribution in [0.2, 0.25) is 0 Å². The van der Waals surface area contributed by atoms with E-state index in [1.807, 2.05) is 6.08 Å². The van der Waals surface area contributed by atoms with Gasteiger partial charge in [-0.15, -0.1) is 0 Å². The maximum absolute atomic E-state index is 5.54. The zero-order valence-corrected chi connectivity index (χ0v) is 10.6. The molecule has 0 saturated carbocycles. The standard InChI is InChI=1S/C10H18NO2.BrH/c1-5-6-11-9(7-12-4)13-8-10(11,2)3;/h5H,1,6-8H2,2-4H3;1H/q+1;/p-1. The van der Waals surface area contributed by atoms with Crippen LogP contribution in [0.4, 0.5) is 0 Å². The first-order valence-electron chi connectivity index (χ1n) is 4.48. The van der Waals surface area contributed by atoms with E-state index in [1.54, 1.807) is 7.11 Å². The molecular formula is C10H18BrNO2. The third-order valence-corrected chi connectivity index (χ3v) is 2.20. The van der Waals surface area contributed by atoms with Gasteiger partial charge in [-0.05, 0) is 6.08 Å². The molecule has 0 N–H and O–H groups in total. The van der Waals surface area contributed by atoms with Gasteiger partial charge in [-0.25, -0.2) is 0 Å². The Bertz CT molecular complexity index is 236. The lowest BCUT2D eigenvalue weighted by Gasteiger charge is -2.12. The van der Waals surface area contributed by atoms with Gasteiger partial charge in [-0.1, -0.05) is 6.58 Å².